The lowest BCUT2D eigenvalue weighted by Gasteiger charge is -2.21. The highest BCUT2D eigenvalue weighted by molar-refractivity contribution is 6.24. The molecule has 0 atom stereocenters. The molecule has 3 heteroatoms. The molecule has 0 saturated carbocycles. The van der Waals surface area contributed by atoms with Crippen LogP contribution >= 0.6 is 0 Å². The Kier molecular flexibility index (Phi) is 2.38. The van der Waals surface area contributed by atoms with Gasteiger partial charge in [-0.2, -0.15) is 0 Å². The SMILES string of the molecule is Cc1cccc2c1C(=O)C=C(N(C)C)C2=O. The van der Waals surface area contributed by atoms with E-state index in [0.29, 0.717) is 16.8 Å². The molecule has 0 amide bonds. The van der Waals surface area contributed by atoms with Crippen LogP contribution in [-0.4, -0.2) is 30.6 Å². The van der Waals surface area contributed by atoms with E-state index in [2.05, 4.69) is 0 Å². The van der Waals surface area contributed by atoms with Gasteiger partial charge in [0.2, 0.25) is 5.78 Å². The molecule has 0 aliphatic heterocycles. The van der Waals surface area contributed by atoms with Crippen LogP contribution in [0.1, 0.15) is 26.3 Å². The number of ketones is 2. The Morgan fingerprint density at radius 3 is 2.44 bits per heavy atom. The molecule has 0 saturated heterocycles. The summed E-state index contributed by atoms with van der Waals surface area (Å²) in [6, 6.07) is 5.36. The summed E-state index contributed by atoms with van der Waals surface area (Å²) in [6.07, 6.45) is 1.41. The van der Waals surface area contributed by atoms with Crippen molar-refractivity contribution in [2.75, 3.05) is 14.1 Å². The molecule has 1 aliphatic carbocycles. The Hall–Kier alpha value is -1.90. The number of nitrogens with zero attached hydrogens (tertiary/aromatic N) is 1. The van der Waals surface area contributed by atoms with Gasteiger partial charge in [-0.25, -0.2) is 0 Å². The molecule has 3 nitrogen and oxygen atoms in total. The molecule has 0 unspecified atom stereocenters. The zero-order chi connectivity index (χ0) is 11.9. The first-order valence-corrected chi connectivity index (χ1v) is 5.10. The van der Waals surface area contributed by atoms with Crippen LogP contribution in [0, 0.1) is 6.92 Å². The number of rotatable bonds is 1. The summed E-state index contributed by atoms with van der Waals surface area (Å²) in [7, 11) is 3.52. The summed E-state index contributed by atoms with van der Waals surface area (Å²) in [5.41, 5.74) is 2.35. The molecule has 2 rings (SSSR count). The van der Waals surface area contributed by atoms with Crippen molar-refractivity contribution in [3.8, 4) is 0 Å². The molecule has 1 aromatic rings. The molecular formula is C13H13NO2. The zero-order valence-electron chi connectivity index (χ0n) is 9.57. The van der Waals surface area contributed by atoms with Gasteiger partial charge in [0.1, 0.15) is 0 Å². The van der Waals surface area contributed by atoms with Crippen LogP contribution in [0.5, 0.6) is 0 Å². The van der Waals surface area contributed by atoms with E-state index in [4.69, 9.17) is 0 Å². The maximum absolute atomic E-state index is 12.1. The first-order valence-electron chi connectivity index (χ1n) is 5.10. The maximum Gasteiger partial charge on any atom is 0.209 e. The molecule has 0 spiro atoms. The van der Waals surface area contributed by atoms with Crippen molar-refractivity contribution in [3.05, 3.63) is 46.7 Å². The predicted octanol–water partition coefficient (Wildman–Crippen LogP) is 1.82. The summed E-state index contributed by atoms with van der Waals surface area (Å²) < 4.78 is 0. The Balaban J connectivity index is 2.65. The largest absolute Gasteiger partial charge is 0.374 e. The van der Waals surface area contributed by atoms with Crippen molar-refractivity contribution in [1.82, 2.24) is 4.90 Å². The first-order chi connectivity index (χ1) is 7.52. The van der Waals surface area contributed by atoms with Crippen LogP contribution in [0.3, 0.4) is 0 Å². The molecular weight excluding hydrogens is 202 g/mol. The summed E-state index contributed by atoms with van der Waals surface area (Å²) in [5, 5.41) is 0. The van der Waals surface area contributed by atoms with E-state index in [9.17, 15) is 9.59 Å². The number of likely N-dealkylation sites (N-methyl/N-ethyl adjacent to an activating group) is 1. The van der Waals surface area contributed by atoms with Crippen LogP contribution in [0.4, 0.5) is 0 Å². The molecule has 0 bridgehead atoms. The molecule has 82 valence electrons. The summed E-state index contributed by atoms with van der Waals surface area (Å²) in [6.45, 7) is 1.85. The second-order valence-electron chi connectivity index (χ2n) is 4.11. The van der Waals surface area contributed by atoms with Crippen molar-refractivity contribution >= 4 is 11.6 Å². The zero-order valence-corrected chi connectivity index (χ0v) is 9.57. The second-order valence-corrected chi connectivity index (χ2v) is 4.11. The Bertz CT molecular complexity index is 513. The molecule has 0 heterocycles. The van der Waals surface area contributed by atoms with Crippen LogP contribution in [0.2, 0.25) is 0 Å². The van der Waals surface area contributed by atoms with Crippen molar-refractivity contribution in [1.29, 1.82) is 0 Å². The number of allylic oxidation sites excluding steroid dienone is 2. The average molecular weight is 215 g/mol. The molecule has 0 fully saturated rings. The fraction of sp³-hybridized carbons (Fsp3) is 0.231. The van der Waals surface area contributed by atoms with Crippen molar-refractivity contribution in [3.63, 3.8) is 0 Å². The van der Waals surface area contributed by atoms with Crippen LogP contribution < -0.4 is 0 Å². The van der Waals surface area contributed by atoms with Crippen molar-refractivity contribution in [2.24, 2.45) is 0 Å². The lowest BCUT2D eigenvalue weighted by Crippen LogP contribution is -2.26. The standard InChI is InChI=1S/C13H13NO2/c1-8-5-4-6-9-12(8)11(15)7-10(13(9)16)14(2)3/h4-7H,1-3H3. The highest BCUT2D eigenvalue weighted by Crippen LogP contribution is 2.24. The van der Waals surface area contributed by atoms with E-state index < -0.39 is 0 Å². The highest BCUT2D eigenvalue weighted by atomic mass is 16.1. The van der Waals surface area contributed by atoms with Crippen molar-refractivity contribution < 1.29 is 9.59 Å². The van der Waals surface area contributed by atoms with E-state index in [1.165, 1.54) is 6.08 Å². The number of fused-ring (bicyclic) bond motifs is 1. The molecule has 0 N–H and O–H groups in total. The van der Waals surface area contributed by atoms with Gasteiger partial charge in [0.25, 0.3) is 0 Å². The summed E-state index contributed by atoms with van der Waals surface area (Å²) >= 11 is 0. The Morgan fingerprint density at radius 1 is 1.12 bits per heavy atom. The fourth-order valence-electron chi connectivity index (χ4n) is 1.92. The summed E-state index contributed by atoms with van der Waals surface area (Å²) in [4.78, 5) is 25.7. The van der Waals surface area contributed by atoms with Crippen LogP contribution in [0.15, 0.2) is 30.0 Å². The van der Waals surface area contributed by atoms with Crippen molar-refractivity contribution in [2.45, 2.75) is 6.92 Å². The van der Waals surface area contributed by atoms with E-state index in [-0.39, 0.29) is 11.6 Å². The number of hydrogen-bond donors (Lipinski definition) is 0. The fourth-order valence-corrected chi connectivity index (χ4v) is 1.92. The number of carbonyl (C=O) groups excluding carboxylic acids is 2. The van der Waals surface area contributed by atoms with Crippen LogP contribution in [0.25, 0.3) is 0 Å². The molecule has 1 aromatic carbocycles. The first kappa shape index (κ1) is 10.6. The number of hydrogen-bond acceptors (Lipinski definition) is 3. The number of aryl methyl sites for hydroxylation is 1. The minimum Gasteiger partial charge on any atom is -0.374 e. The number of carbonyl (C=O) groups is 2. The second kappa shape index (κ2) is 3.59. The monoisotopic (exact) mass is 215 g/mol. The molecule has 16 heavy (non-hydrogen) atoms. The van der Waals surface area contributed by atoms with Gasteiger partial charge in [-0.1, -0.05) is 18.2 Å². The summed E-state index contributed by atoms with van der Waals surface area (Å²) in [5.74, 6) is -0.167. The van der Waals surface area contributed by atoms with Crippen LogP contribution in [-0.2, 0) is 0 Å². The molecule has 1 aliphatic rings. The van der Waals surface area contributed by atoms with Gasteiger partial charge in [-0.05, 0) is 12.5 Å². The lowest BCUT2D eigenvalue weighted by atomic mass is 9.89. The topological polar surface area (TPSA) is 37.4 Å². The number of Topliss-reactive ketones (excluding diaryl/α,β-unsaturated/α-hetero) is 1. The van der Waals surface area contributed by atoms with Gasteiger partial charge in [0.15, 0.2) is 5.78 Å². The normalized spacial score (nSPS) is 14.6. The maximum atomic E-state index is 12.1. The average Bonchev–Trinajstić information content (AvgIpc) is 2.22. The lowest BCUT2D eigenvalue weighted by molar-refractivity contribution is 0.0962. The van der Waals surface area contributed by atoms with E-state index in [0.717, 1.165) is 5.56 Å². The predicted molar refractivity (Wildman–Crippen MR) is 61.6 cm³/mol. The third kappa shape index (κ3) is 1.45. The van der Waals surface area contributed by atoms with Gasteiger partial charge >= 0.3 is 0 Å². The molecule has 0 aromatic heterocycles. The number of benzene rings is 1. The van der Waals surface area contributed by atoms with Gasteiger partial charge in [0.05, 0.1) is 5.70 Å². The third-order valence-electron chi connectivity index (χ3n) is 2.75. The quantitative estimate of drug-likeness (QED) is 0.717. The third-order valence-corrected chi connectivity index (χ3v) is 2.75. The minimum atomic E-state index is -0.0867. The Labute approximate surface area is 94.4 Å². The highest BCUT2D eigenvalue weighted by Gasteiger charge is 2.27. The van der Waals surface area contributed by atoms with Gasteiger partial charge in [-0.15, -0.1) is 0 Å². The van der Waals surface area contributed by atoms with Gasteiger partial charge < -0.3 is 4.90 Å². The van der Waals surface area contributed by atoms with E-state index in [1.807, 2.05) is 13.0 Å². The van der Waals surface area contributed by atoms with Gasteiger partial charge in [-0.3, -0.25) is 9.59 Å². The molecule has 0 radical (unpaired) electrons. The Morgan fingerprint density at radius 2 is 1.81 bits per heavy atom. The van der Waals surface area contributed by atoms with E-state index in [1.54, 1.807) is 31.1 Å². The van der Waals surface area contributed by atoms with E-state index >= 15 is 0 Å². The smallest absolute Gasteiger partial charge is 0.209 e. The van der Waals surface area contributed by atoms with Gasteiger partial charge in [0, 0.05) is 31.3 Å². The minimum absolute atomic E-state index is 0.0803.